The number of aliphatic hydroxyl groups is 1. The smallest absolute Gasteiger partial charge is 0.0805 e. The van der Waals surface area contributed by atoms with Crippen LogP contribution in [0.25, 0.3) is 0 Å². The minimum Gasteiger partial charge on any atom is -0.388 e. The molecule has 4 heteroatoms. The molecule has 0 bridgehead atoms. The molecule has 0 saturated carbocycles. The second-order valence-corrected chi connectivity index (χ2v) is 5.61. The van der Waals surface area contributed by atoms with Crippen LogP contribution >= 0.6 is 11.6 Å². The van der Waals surface area contributed by atoms with Crippen LogP contribution < -0.4 is 10.2 Å². The van der Waals surface area contributed by atoms with Gasteiger partial charge in [0.25, 0.3) is 0 Å². The fourth-order valence-electron chi connectivity index (χ4n) is 2.59. The Morgan fingerprint density at radius 2 is 2.06 bits per heavy atom. The highest BCUT2D eigenvalue weighted by Crippen LogP contribution is 2.29. The van der Waals surface area contributed by atoms with Crippen molar-refractivity contribution >= 4 is 17.3 Å². The van der Waals surface area contributed by atoms with Gasteiger partial charge in [0.05, 0.1) is 5.60 Å². The summed E-state index contributed by atoms with van der Waals surface area (Å²) in [6.45, 7) is 4.51. The third-order valence-corrected chi connectivity index (χ3v) is 3.95. The van der Waals surface area contributed by atoms with Gasteiger partial charge in [-0.25, -0.2) is 0 Å². The first-order valence-electron chi connectivity index (χ1n) is 6.42. The number of hydrogen-bond acceptors (Lipinski definition) is 3. The predicted octanol–water partition coefficient (Wildman–Crippen LogP) is 2.20. The number of nitrogens with zero attached hydrogens (tertiary/aromatic N) is 1. The van der Waals surface area contributed by atoms with Crippen LogP contribution in [0.5, 0.6) is 0 Å². The first-order valence-corrected chi connectivity index (χ1v) is 6.80. The normalized spacial score (nSPS) is 19.0. The Labute approximate surface area is 114 Å². The Hall–Kier alpha value is -0.770. The Balaban J connectivity index is 2.07. The number of aryl methyl sites for hydroxylation is 1. The van der Waals surface area contributed by atoms with Crippen molar-refractivity contribution < 1.29 is 5.11 Å². The number of rotatable bonds is 3. The number of halogens is 1. The van der Waals surface area contributed by atoms with E-state index in [2.05, 4.69) is 17.1 Å². The maximum absolute atomic E-state index is 10.3. The highest BCUT2D eigenvalue weighted by Gasteiger charge is 2.31. The molecule has 0 atom stereocenters. The van der Waals surface area contributed by atoms with Gasteiger partial charge in [0.2, 0.25) is 0 Å². The molecule has 1 heterocycles. The van der Waals surface area contributed by atoms with Gasteiger partial charge < -0.3 is 15.3 Å². The van der Waals surface area contributed by atoms with Crippen molar-refractivity contribution in [3.63, 3.8) is 0 Å². The van der Waals surface area contributed by atoms with Crippen molar-refractivity contribution in [2.24, 2.45) is 0 Å². The van der Waals surface area contributed by atoms with E-state index in [-0.39, 0.29) is 0 Å². The largest absolute Gasteiger partial charge is 0.388 e. The van der Waals surface area contributed by atoms with Crippen molar-refractivity contribution in [1.29, 1.82) is 0 Å². The highest BCUT2D eigenvalue weighted by atomic mass is 35.5. The van der Waals surface area contributed by atoms with Crippen LogP contribution in [0.3, 0.4) is 0 Å². The number of hydrogen-bond donors (Lipinski definition) is 2. The Kier molecular flexibility index (Phi) is 4.15. The van der Waals surface area contributed by atoms with Crippen LogP contribution in [0.1, 0.15) is 18.4 Å². The summed E-state index contributed by atoms with van der Waals surface area (Å²) in [5, 5.41) is 14.2. The summed E-state index contributed by atoms with van der Waals surface area (Å²) >= 11 is 6.06. The minimum absolute atomic E-state index is 0.558. The lowest BCUT2D eigenvalue weighted by Crippen LogP contribution is -2.49. The van der Waals surface area contributed by atoms with Gasteiger partial charge in [-0.1, -0.05) is 17.7 Å². The van der Waals surface area contributed by atoms with E-state index in [0.29, 0.717) is 6.54 Å². The molecule has 1 aromatic carbocycles. The number of likely N-dealkylation sites (N-methyl/N-ethyl adjacent to an activating group) is 1. The molecule has 1 fully saturated rings. The molecule has 2 N–H and O–H groups in total. The van der Waals surface area contributed by atoms with E-state index in [1.165, 1.54) is 11.3 Å². The van der Waals surface area contributed by atoms with Gasteiger partial charge in [-0.05, 0) is 44.5 Å². The fraction of sp³-hybridized carbons (Fsp3) is 0.571. The summed E-state index contributed by atoms with van der Waals surface area (Å²) in [5.74, 6) is 0. The SMILES string of the molecule is CNCC1(O)CCN(c2cc(Cl)ccc2C)CC1. The van der Waals surface area contributed by atoms with Gasteiger partial charge in [0.1, 0.15) is 0 Å². The Bertz CT molecular complexity index is 414. The fourth-order valence-corrected chi connectivity index (χ4v) is 2.76. The van der Waals surface area contributed by atoms with E-state index < -0.39 is 5.60 Å². The molecular weight excluding hydrogens is 248 g/mol. The van der Waals surface area contributed by atoms with E-state index >= 15 is 0 Å². The van der Waals surface area contributed by atoms with Crippen molar-refractivity contribution in [3.8, 4) is 0 Å². The van der Waals surface area contributed by atoms with E-state index in [0.717, 1.165) is 31.0 Å². The lowest BCUT2D eigenvalue weighted by molar-refractivity contribution is 0.0185. The van der Waals surface area contributed by atoms with Crippen LogP contribution in [0, 0.1) is 6.92 Å². The van der Waals surface area contributed by atoms with Crippen molar-refractivity contribution in [1.82, 2.24) is 5.32 Å². The molecule has 0 aromatic heterocycles. The maximum atomic E-state index is 10.3. The summed E-state index contributed by atoms with van der Waals surface area (Å²) in [6, 6.07) is 5.98. The molecule has 2 rings (SSSR count). The molecule has 0 radical (unpaired) electrons. The molecule has 1 aliphatic rings. The third-order valence-electron chi connectivity index (χ3n) is 3.71. The highest BCUT2D eigenvalue weighted by molar-refractivity contribution is 6.30. The second-order valence-electron chi connectivity index (χ2n) is 5.17. The zero-order valence-electron chi connectivity index (χ0n) is 11.0. The van der Waals surface area contributed by atoms with Gasteiger partial charge >= 0.3 is 0 Å². The zero-order valence-corrected chi connectivity index (χ0v) is 11.8. The van der Waals surface area contributed by atoms with Gasteiger partial charge in [-0.3, -0.25) is 0 Å². The van der Waals surface area contributed by atoms with Crippen LogP contribution in [0.4, 0.5) is 5.69 Å². The van der Waals surface area contributed by atoms with Crippen LogP contribution in [-0.4, -0.2) is 37.4 Å². The summed E-state index contributed by atoms with van der Waals surface area (Å²) in [5.41, 5.74) is 1.87. The van der Waals surface area contributed by atoms with Gasteiger partial charge in [-0.2, -0.15) is 0 Å². The molecule has 18 heavy (non-hydrogen) atoms. The van der Waals surface area contributed by atoms with Crippen LogP contribution in [0.15, 0.2) is 18.2 Å². The average molecular weight is 269 g/mol. The predicted molar refractivity (Wildman–Crippen MR) is 76.5 cm³/mol. The first kappa shape index (κ1) is 13.7. The number of piperidine rings is 1. The lowest BCUT2D eigenvalue weighted by Gasteiger charge is -2.39. The molecule has 1 aromatic rings. The number of nitrogens with one attached hydrogen (secondary N) is 1. The van der Waals surface area contributed by atoms with E-state index in [1.807, 2.05) is 25.2 Å². The van der Waals surface area contributed by atoms with Crippen molar-refractivity contribution in [2.75, 3.05) is 31.6 Å². The molecule has 0 aliphatic carbocycles. The summed E-state index contributed by atoms with van der Waals surface area (Å²) in [6.07, 6.45) is 1.58. The minimum atomic E-state index is -0.558. The molecular formula is C14H21ClN2O. The monoisotopic (exact) mass is 268 g/mol. The summed E-state index contributed by atoms with van der Waals surface area (Å²) < 4.78 is 0. The third kappa shape index (κ3) is 2.97. The topological polar surface area (TPSA) is 35.5 Å². The van der Waals surface area contributed by atoms with E-state index in [9.17, 15) is 5.11 Å². The van der Waals surface area contributed by atoms with Crippen molar-refractivity contribution in [2.45, 2.75) is 25.4 Å². The van der Waals surface area contributed by atoms with E-state index in [4.69, 9.17) is 11.6 Å². The quantitative estimate of drug-likeness (QED) is 0.882. The summed E-state index contributed by atoms with van der Waals surface area (Å²) in [4.78, 5) is 2.31. The standard InChI is InChI=1S/C14H21ClN2O/c1-11-3-4-12(15)9-13(11)17-7-5-14(18,6-8-17)10-16-2/h3-4,9,16,18H,5-8,10H2,1-2H3. The van der Waals surface area contributed by atoms with Gasteiger partial charge in [0, 0.05) is 30.3 Å². The molecule has 100 valence electrons. The van der Waals surface area contributed by atoms with Crippen LogP contribution in [0.2, 0.25) is 5.02 Å². The maximum Gasteiger partial charge on any atom is 0.0805 e. The number of benzene rings is 1. The van der Waals surface area contributed by atoms with E-state index in [1.54, 1.807) is 0 Å². The molecule has 1 aliphatic heterocycles. The number of anilines is 1. The Morgan fingerprint density at radius 1 is 1.39 bits per heavy atom. The first-order chi connectivity index (χ1) is 8.54. The molecule has 0 unspecified atom stereocenters. The Morgan fingerprint density at radius 3 is 2.67 bits per heavy atom. The average Bonchev–Trinajstić information content (AvgIpc) is 2.34. The lowest BCUT2D eigenvalue weighted by atomic mass is 9.91. The van der Waals surface area contributed by atoms with Crippen LogP contribution in [-0.2, 0) is 0 Å². The molecule has 0 spiro atoms. The molecule has 3 nitrogen and oxygen atoms in total. The summed E-state index contributed by atoms with van der Waals surface area (Å²) in [7, 11) is 1.88. The second kappa shape index (κ2) is 5.47. The molecule has 1 saturated heterocycles. The van der Waals surface area contributed by atoms with Crippen molar-refractivity contribution in [3.05, 3.63) is 28.8 Å². The van der Waals surface area contributed by atoms with Gasteiger partial charge in [0.15, 0.2) is 0 Å². The zero-order chi connectivity index (χ0) is 13.2. The van der Waals surface area contributed by atoms with Gasteiger partial charge in [-0.15, -0.1) is 0 Å². The molecule has 0 amide bonds.